The van der Waals surface area contributed by atoms with Crippen molar-refractivity contribution in [1.29, 1.82) is 0 Å². The van der Waals surface area contributed by atoms with Gasteiger partial charge in [-0.3, -0.25) is 9.59 Å². The topological polar surface area (TPSA) is 39.1 Å². The predicted octanol–water partition coefficient (Wildman–Crippen LogP) is 2.58. The van der Waals surface area contributed by atoms with Gasteiger partial charge in [-0.1, -0.05) is 6.07 Å². The number of benzene rings is 1. The van der Waals surface area contributed by atoms with E-state index in [2.05, 4.69) is 6.07 Å². The van der Waals surface area contributed by atoms with E-state index in [-0.39, 0.29) is 11.0 Å². The van der Waals surface area contributed by atoms with E-state index < -0.39 is 0 Å². The summed E-state index contributed by atoms with van der Waals surface area (Å²) in [4.78, 5) is 22.4. The van der Waals surface area contributed by atoms with Crippen molar-refractivity contribution in [2.75, 3.05) is 0 Å². The first kappa shape index (κ1) is 12.3. The van der Waals surface area contributed by atoms with Gasteiger partial charge in [-0.2, -0.15) is 0 Å². The van der Waals surface area contributed by atoms with Gasteiger partial charge in [0.05, 0.1) is 5.56 Å². The molecule has 0 fully saturated rings. The molecule has 1 aromatic carbocycles. The molecule has 0 saturated heterocycles. The minimum Gasteiger partial charge on any atom is -0.320 e. The highest BCUT2D eigenvalue weighted by atomic mass is 16.1. The van der Waals surface area contributed by atoms with Gasteiger partial charge < -0.3 is 4.57 Å². The minimum atomic E-state index is -0.233. The van der Waals surface area contributed by atoms with Gasteiger partial charge in [0.2, 0.25) is 0 Å². The molecule has 0 atom stereocenters. The monoisotopic (exact) mass is 241 g/mol. The quantitative estimate of drug-likeness (QED) is 0.758. The second-order valence-electron chi connectivity index (χ2n) is 4.57. The smallest absolute Gasteiger partial charge is 0.192 e. The van der Waals surface area contributed by atoms with Crippen molar-refractivity contribution in [1.82, 2.24) is 4.57 Å². The lowest BCUT2D eigenvalue weighted by Crippen LogP contribution is -2.13. The minimum absolute atomic E-state index is 0.180. The molecule has 3 heteroatoms. The van der Waals surface area contributed by atoms with Crippen LogP contribution in [0.5, 0.6) is 0 Å². The number of aryl methyl sites for hydroxylation is 3. The second-order valence-corrected chi connectivity index (χ2v) is 4.57. The molecular formula is C15H15NO2. The maximum Gasteiger partial charge on any atom is 0.192 e. The number of aromatic nitrogens is 1. The summed E-state index contributed by atoms with van der Waals surface area (Å²) in [6, 6.07) is 7.63. The third-order valence-corrected chi connectivity index (χ3v) is 2.88. The fraction of sp³-hybridized carbons (Fsp3) is 0.200. The molecule has 18 heavy (non-hydrogen) atoms. The zero-order valence-electron chi connectivity index (χ0n) is 10.7. The molecule has 0 aliphatic heterocycles. The van der Waals surface area contributed by atoms with E-state index >= 15 is 0 Å². The summed E-state index contributed by atoms with van der Waals surface area (Å²) < 4.78 is 1.87. The van der Waals surface area contributed by atoms with Crippen LogP contribution in [0, 0.1) is 20.8 Å². The molecule has 92 valence electrons. The Morgan fingerprint density at radius 3 is 2.17 bits per heavy atom. The normalized spacial score (nSPS) is 10.4. The fourth-order valence-electron chi connectivity index (χ4n) is 2.10. The Labute approximate surface area is 106 Å². The van der Waals surface area contributed by atoms with E-state index in [1.807, 2.05) is 37.5 Å². The molecule has 0 radical (unpaired) electrons. The second kappa shape index (κ2) is 4.61. The molecule has 1 aromatic heterocycles. The first-order valence-corrected chi connectivity index (χ1v) is 5.78. The van der Waals surface area contributed by atoms with Gasteiger partial charge in [-0.05, 0) is 44.0 Å². The van der Waals surface area contributed by atoms with Gasteiger partial charge in [0, 0.05) is 23.6 Å². The lowest BCUT2D eigenvalue weighted by Gasteiger charge is -2.13. The van der Waals surface area contributed by atoms with Gasteiger partial charge in [0.1, 0.15) is 0 Å². The molecule has 3 nitrogen and oxygen atoms in total. The van der Waals surface area contributed by atoms with Crippen LogP contribution >= 0.6 is 0 Å². The first-order chi connectivity index (χ1) is 8.51. The summed E-state index contributed by atoms with van der Waals surface area (Å²) in [6.07, 6.45) is 2.19. The maximum absolute atomic E-state index is 11.5. The Kier molecular flexibility index (Phi) is 3.15. The summed E-state index contributed by atoms with van der Waals surface area (Å²) in [5, 5.41) is 0. The van der Waals surface area contributed by atoms with Crippen molar-refractivity contribution in [3.8, 4) is 5.69 Å². The molecule has 0 spiro atoms. The summed E-state index contributed by atoms with van der Waals surface area (Å²) in [5.41, 5.74) is 4.03. The van der Waals surface area contributed by atoms with Gasteiger partial charge in [0.15, 0.2) is 11.7 Å². The number of nitrogens with zero attached hydrogens (tertiary/aromatic N) is 1. The molecule has 2 rings (SSSR count). The lowest BCUT2D eigenvalue weighted by molar-refractivity contribution is 0.112. The Bertz CT molecular complexity index is 648. The lowest BCUT2D eigenvalue weighted by atomic mass is 10.1. The molecule has 2 aromatic rings. The molecule has 0 saturated carbocycles. The van der Waals surface area contributed by atoms with E-state index in [4.69, 9.17) is 0 Å². The van der Waals surface area contributed by atoms with Crippen LogP contribution in [0.2, 0.25) is 0 Å². The fourth-order valence-corrected chi connectivity index (χ4v) is 2.10. The Morgan fingerprint density at radius 1 is 1.00 bits per heavy atom. The molecule has 0 amide bonds. The van der Waals surface area contributed by atoms with Gasteiger partial charge in [-0.25, -0.2) is 0 Å². The van der Waals surface area contributed by atoms with Gasteiger partial charge >= 0.3 is 0 Å². The number of hydrogen-bond acceptors (Lipinski definition) is 2. The summed E-state index contributed by atoms with van der Waals surface area (Å²) >= 11 is 0. The van der Waals surface area contributed by atoms with Crippen LogP contribution in [0.1, 0.15) is 27.2 Å². The highest BCUT2D eigenvalue weighted by Gasteiger charge is 2.05. The molecule has 0 unspecified atom stereocenters. The number of pyridine rings is 1. The standard InChI is InChI=1S/C15H15NO2/c1-10-4-11(2)6-14(5-10)16-8-13(9-17)15(18)7-12(16)3/h4-9H,1-3H3. The van der Waals surface area contributed by atoms with Crippen LogP contribution in [-0.2, 0) is 0 Å². The zero-order valence-corrected chi connectivity index (χ0v) is 10.7. The number of rotatable bonds is 2. The third-order valence-electron chi connectivity index (χ3n) is 2.88. The number of carbonyl (C=O) groups is 1. The maximum atomic E-state index is 11.5. The molecule has 0 N–H and O–H groups in total. The first-order valence-electron chi connectivity index (χ1n) is 5.78. The van der Waals surface area contributed by atoms with Crippen LogP contribution in [-0.4, -0.2) is 10.9 Å². The van der Waals surface area contributed by atoms with Crippen LogP contribution in [0.25, 0.3) is 5.69 Å². The van der Waals surface area contributed by atoms with Crippen LogP contribution < -0.4 is 5.43 Å². The number of hydrogen-bond donors (Lipinski definition) is 0. The van der Waals surface area contributed by atoms with Crippen molar-refractivity contribution >= 4 is 6.29 Å². The van der Waals surface area contributed by atoms with E-state index in [0.29, 0.717) is 6.29 Å². The van der Waals surface area contributed by atoms with Crippen LogP contribution in [0.3, 0.4) is 0 Å². The van der Waals surface area contributed by atoms with Crippen LogP contribution in [0.15, 0.2) is 35.3 Å². The Balaban J connectivity index is 2.70. The number of carbonyl (C=O) groups excluding carboxylic acids is 1. The molecule has 0 bridgehead atoms. The van der Waals surface area contributed by atoms with Crippen molar-refractivity contribution in [3.05, 3.63) is 63.1 Å². The van der Waals surface area contributed by atoms with E-state index in [1.165, 1.54) is 6.07 Å². The average Bonchev–Trinajstić information content (AvgIpc) is 2.27. The summed E-state index contributed by atoms with van der Waals surface area (Å²) in [7, 11) is 0. The van der Waals surface area contributed by atoms with Crippen molar-refractivity contribution in [3.63, 3.8) is 0 Å². The van der Waals surface area contributed by atoms with Crippen LogP contribution in [0.4, 0.5) is 0 Å². The zero-order chi connectivity index (χ0) is 13.3. The van der Waals surface area contributed by atoms with E-state index in [0.717, 1.165) is 22.5 Å². The Morgan fingerprint density at radius 2 is 1.61 bits per heavy atom. The largest absolute Gasteiger partial charge is 0.320 e. The molecule has 1 heterocycles. The SMILES string of the molecule is Cc1cc(C)cc(-n2cc(C=O)c(=O)cc2C)c1. The van der Waals surface area contributed by atoms with Crippen molar-refractivity contribution in [2.24, 2.45) is 0 Å². The van der Waals surface area contributed by atoms with Crippen molar-refractivity contribution in [2.45, 2.75) is 20.8 Å². The van der Waals surface area contributed by atoms with Gasteiger partial charge in [0.25, 0.3) is 0 Å². The summed E-state index contributed by atoms with van der Waals surface area (Å²) in [6.45, 7) is 5.90. The molecule has 0 aliphatic carbocycles. The Hall–Kier alpha value is -2.16. The molecular weight excluding hydrogens is 226 g/mol. The third kappa shape index (κ3) is 2.25. The number of aldehydes is 1. The van der Waals surface area contributed by atoms with Gasteiger partial charge in [-0.15, -0.1) is 0 Å². The summed E-state index contributed by atoms with van der Waals surface area (Å²) in [5.74, 6) is 0. The highest BCUT2D eigenvalue weighted by molar-refractivity contribution is 5.74. The van der Waals surface area contributed by atoms with E-state index in [1.54, 1.807) is 6.20 Å². The van der Waals surface area contributed by atoms with E-state index in [9.17, 15) is 9.59 Å². The average molecular weight is 241 g/mol. The predicted molar refractivity (Wildman–Crippen MR) is 71.6 cm³/mol. The highest BCUT2D eigenvalue weighted by Crippen LogP contribution is 2.15. The van der Waals surface area contributed by atoms with Crippen molar-refractivity contribution < 1.29 is 4.79 Å². The molecule has 0 aliphatic rings.